The van der Waals surface area contributed by atoms with E-state index in [-0.39, 0.29) is 10.6 Å². The lowest BCUT2D eigenvalue weighted by Gasteiger charge is -2.20. The Balaban J connectivity index is 2.02. The van der Waals surface area contributed by atoms with E-state index in [1.54, 1.807) is 0 Å². The quantitative estimate of drug-likeness (QED) is 0.516. The van der Waals surface area contributed by atoms with E-state index in [9.17, 15) is 18.5 Å². The Morgan fingerprint density at radius 1 is 0.889 bits per heavy atom. The molecule has 7 heteroatoms. The lowest BCUT2D eigenvalue weighted by atomic mass is 9.99. The van der Waals surface area contributed by atoms with E-state index in [1.807, 2.05) is 61.5 Å². The highest BCUT2D eigenvalue weighted by molar-refractivity contribution is 7.89. The van der Waals surface area contributed by atoms with Crippen LogP contribution in [0.4, 0.5) is 5.69 Å². The lowest BCUT2D eigenvalue weighted by Crippen LogP contribution is -2.29. The van der Waals surface area contributed by atoms with Crippen LogP contribution in [0.2, 0.25) is 0 Å². The molecule has 0 spiro atoms. The van der Waals surface area contributed by atoms with Gasteiger partial charge in [0.05, 0.1) is 15.9 Å². The molecule has 27 heavy (non-hydrogen) atoms. The molecule has 0 aliphatic carbocycles. The van der Waals surface area contributed by atoms with Gasteiger partial charge < -0.3 is 0 Å². The third-order valence-corrected chi connectivity index (χ3v) is 5.58. The minimum absolute atomic E-state index is 0.148. The largest absolute Gasteiger partial charge is 0.270 e. The van der Waals surface area contributed by atoms with Crippen molar-refractivity contribution in [3.63, 3.8) is 0 Å². The number of benzene rings is 3. The number of sulfonamides is 1. The van der Waals surface area contributed by atoms with Crippen molar-refractivity contribution in [2.24, 2.45) is 0 Å². The van der Waals surface area contributed by atoms with E-state index in [0.29, 0.717) is 0 Å². The monoisotopic (exact) mass is 382 g/mol. The van der Waals surface area contributed by atoms with E-state index in [2.05, 4.69) is 4.72 Å². The molecular weight excluding hydrogens is 364 g/mol. The van der Waals surface area contributed by atoms with Crippen LogP contribution in [0.25, 0.3) is 0 Å². The maximum absolute atomic E-state index is 12.9. The van der Waals surface area contributed by atoms with E-state index < -0.39 is 21.0 Å². The molecule has 3 aromatic rings. The van der Waals surface area contributed by atoms with Gasteiger partial charge >= 0.3 is 0 Å². The van der Waals surface area contributed by atoms with Crippen molar-refractivity contribution in [2.75, 3.05) is 0 Å². The van der Waals surface area contributed by atoms with Crippen molar-refractivity contribution in [1.29, 1.82) is 0 Å². The Morgan fingerprint density at radius 3 is 2.15 bits per heavy atom. The Labute approximate surface area is 157 Å². The topological polar surface area (TPSA) is 89.3 Å². The summed E-state index contributed by atoms with van der Waals surface area (Å²) in [6, 6.07) is 21.1. The molecule has 0 saturated carbocycles. The van der Waals surface area contributed by atoms with Gasteiger partial charge in [-0.2, -0.15) is 4.72 Å². The van der Waals surface area contributed by atoms with Gasteiger partial charge in [0.25, 0.3) is 5.69 Å². The number of aryl methyl sites for hydroxylation is 1. The average Bonchev–Trinajstić information content (AvgIpc) is 2.68. The number of hydrogen-bond donors (Lipinski definition) is 1. The summed E-state index contributed by atoms with van der Waals surface area (Å²) in [4.78, 5) is 10.2. The number of nitrogens with one attached hydrogen (secondary N) is 1. The second-order valence-corrected chi connectivity index (χ2v) is 7.84. The lowest BCUT2D eigenvalue weighted by molar-refractivity contribution is -0.385. The highest BCUT2D eigenvalue weighted by atomic mass is 32.2. The maximum Gasteiger partial charge on any atom is 0.270 e. The first-order valence-corrected chi connectivity index (χ1v) is 9.73. The van der Waals surface area contributed by atoms with Crippen LogP contribution in [0.15, 0.2) is 83.8 Å². The smallest absolute Gasteiger partial charge is 0.258 e. The van der Waals surface area contributed by atoms with Crippen LogP contribution in [-0.4, -0.2) is 13.3 Å². The molecule has 0 heterocycles. The summed E-state index contributed by atoms with van der Waals surface area (Å²) in [6.07, 6.45) is 0. The van der Waals surface area contributed by atoms with Crippen LogP contribution in [0, 0.1) is 17.0 Å². The summed E-state index contributed by atoms with van der Waals surface area (Å²) >= 11 is 0. The van der Waals surface area contributed by atoms with E-state index in [0.717, 1.165) is 22.8 Å². The third-order valence-electron chi connectivity index (χ3n) is 4.16. The van der Waals surface area contributed by atoms with Crippen molar-refractivity contribution >= 4 is 15.7 Å². The highest BCUT2D eigenvalue weighted by Gasteiger charge is 2.24. The van der Waals surface area contributed by atoms with Crippen LogP contribution in [0.5, 0.6) is 0 Å². The number of nitro groups is 1. The molecule has 6 nitrogen and oxygen atoms in total. The molecule has 0 aromatic heterocycles. The second-order valence-electron chi connectivity index (χ2n) is 6.13. The molecule has 1 atom stereocenters. The molecule has 0 aliphatic heterocycles. The summed E-state index contributed by atoms with van der Waals surface area (Å²) in [5.41, 5.74) is 2.34. The minimum Gasteiger partial charge on any atom is -0.258 e. The molecule has 0 amide bonds. The zero-order chi connectivity index (χ0) is 19.4. The number of rotatable bonds is 6. The molecule has 0 bridgehead atoms. The van der Waals surface area contributed by atoms with E-state index >= 15 is 0 Å². The zero-order valence-electron chi connectivity index (χ0n) is 14.6. The van der Waals surface area contributed by atoms with E-state index in [4.69, 9.17) is 0 Å². The second kappa shape index (κ2) is 7.69. The minimum atomic E-state index is -3.98. The fourth-order valence-electron chi connectivity index (χ4n) is 2.72. The molecule has 1 N–H and O–H groups in total. The number of hydrogen-bond acceptors (Lipinski definition) is 4. The Morgan fingerprint density at radius 2 is 1.52 bits per heavy atom. The van der Waals surface area contributed by atoms with Crippen LogP contribution in [0.3, 0.4) is 0 Å². The SMILES string of the molecule is Cc1ccc([C@H](NS(=O)(=O)c2cccc([N+](=O)[O-])c2)c2ccccc2)cc1. The summed E-state index contributed by atoms with van der Waals surface area (Å²) in [5, 5.41) is 11.0. The summed E-state index contributed by atoms with van der Waals surface area (Å²) < 4.78 is 28.5. The molecule has 0 unspecified atom stereocenters. The summed E-state index contributed by atoms with van der Waals surface area (Å²) in [7, 11) is -3.98. The predicted octanol–water partition coefficient (Wildman–Crippen LogP) is 3.97. The van der Waals surface area contributed by atoms with Gasteiger partial charge in [-0.05, 0) is 24.1 Å². The van der Waals surface area contributed by atoms with Crippen LogP contribution < -0.4 is 4.72 Å². The van der Waals surface area contributed by atoms with Gasteiger partial charge in [0.2, 0.25) is 10.0 Å². The van der Waals surface area contributed by atoms with E-state index in [1.165, 1.54) is 18.2 Å². The molecule has 0 radical (unpaired) electrons. The highest BCUT2D eigenvalue weighted by Crippen LogP contribution is 2.26. The standard InChI is InChI=1S/C20H18N2O4S/c1-15-10-12-17(13-11-15)20(16-6-3-2-4-7-16)21-27(25,26)19-9-5-8-18(14-19)22(23)24/h2-14,20-21H,1H3/t20-/m1/s1. The summed E-state index contributed by atoms with van der Waals surface area (Å²) in [5.74, 6) is 0. The first-order valence-electron chi connectivity index (χ1n) is 8.25. The van der Waals surface area contributed by atoms with Crippen molar-refractivity contribution in [3.05, 3.63) is 106 Å². The molecule has 0 aliphatic rings. The average molecular weight is 382 g/mol. The normalized spacial score (nSPS) is 12.5. The molecule has 3 rings (SSSR count). The Hall–Kier alpha value is -3.03. The Kier molecular flexibility index (Phi) is 5.34. The first kappa shape index (κ1) is 18.8. The number of nitrogens with zero attached hydrogens (tertiary/aromatic N) is 1. The molecule has 0 fully saturated rings. The molecule has 0 saturated heterocycles. The number of non-ortho nitro benzene ring substituents is 1. The Bertz CT molecular complexity index is 1050. The van der Waals surface area contributed by atoms with Gasteiger partial charge in [0.15, 0.2) is 0 Å². The number of nitro benzene ring substituents is 1. The first-order chi connectivity index (χ1) is 12.9. The summed E-state index contributed by atoms with van der Waals surface area (Å²) in [6.45, 7) is 1.95. The molecule has 138 valence electrons. The van der Waals surface area contributed by atoms with Crippen molar-refractivity contribution in [1.82, 2.24) is 4.72 Å². The van der Waals surface area contributed by atoms with Gasteiger partial charge in [-0.1, -0.05) is 66.2 Å². The van der Waals surface area contributed by atoms with Gasteiger partial charge in [-0.3, -0.25) is 10.1 Å². The molecular formula is C20H18N2O4S. The van der Waals surface area contributed by atoms with Gasteiger partial charge in [-0.25, -0.2) is 8.42 Å². The predicted molar refractivity (Wildman–Crippen MR) is 103 cm³/mol. The van der Waals surface area contributed by atoms with Crippen LogP contribution in [-0.2, 0) is 10.0 Å². The van der Waals surface area contributed by atoms with Gasteiger partial charge in [-0.15, -0.1) is 0 Å². The van der Waals surface area contributed by atoms with Crippen molar-refractivity contribution in [2.45, 2.75) is 17.9 Å². The zero-order valence-corrected chi connectivity index (χ0v) is 15.4. The maximum atomic E-state index is 12.9. The fraction of sp³-hybridized carbons (Fsp3) is 0.100. The van der Waals surface area contributed by atoms with Crippen LogP contribution in [0.1, 0.15) is 22.7 Å². The third kappa shape index (κ3) is 4.39. The van der Waals surface area contributed by atoms with Gasteiger partial charge in [0.1, 0.15) is 0 Å². The van der Waals surface area contributed by atoms with Crippen molar-refractivity contribution < 1.29 is 13.3 Å². The fourth-order valence-corrected chi connectivity index (χ4v) is 3.97. The molecule has 3 aromatic carbocycles. The van der Waals surface area contributed by atoms with Gasteiger partial charge in [0, 0.05) is 12.1 Å². The van der Waals surface area contributed by atoms with Crippen molar-refractivity contribution in [3.8, 4) is 0 Å². The van der Waals surface area contributed by atoms with Crippen LogP contribution >= 0.6 is 0 Å².